The highest BCUT2D eigenvalue weighted by Crippen LogP contribution is 2.27. The molecule has 0 unspecified atom stereocenters. The highest BCUT2D eigenvalue weighted by atomic mass is 16.4. The van der Waals surface area contributed by atoms with E-state index >= 15 is 0 Å². The maximum atomic E-state index is 12.1. The summed E-state index contributed by atoms with van der Waals surface area (Å²) in [6.45, 7) is 5.55. The highest BCUT2D eigenvalue weighted by Gasteiger charge is 2.33. The molecule has 1 heterocycles. The number of carboxylic acid groups (broad SMARTS) is 1. The lowest BCUT2D eigenvalue weighted by molar-refractivity contribution is 0.195. The van der Waals surface area contributed by atoms with Gasteiger partial charge in [0.2, 0.25) is 0 Å². The summed E-state index contributed by atoms with van der Waals surface area (Å²) >= 11 is 0. The first-order chi connectivity index (χ1) is 11.3. The molecule has 0 aliphatic heterocycles. The summed E-state index contributed by atoms with van der Waals surface area (Å²) in [4.78, 5) is 18.1. The second-order valence-electron chi connectivity index (χ2n) is 7.08. The van der Waals surface area contributed by atoms with Gasteiger partial charge in [0.1, 0.15) is 5.76 Å². The number of carbonyl (C=O) groups is 1. The molecule has 0 saturated heterocycles. The molecule has 1 aromatic heterocycles. The smallest absolute Gasteiger partial charge is 0.412 e. The van der Waals surface area contributed by atoms with Crippen molar-refractivity contribution in [1.29, 1.82) is 0 Å². The Kier molecular flexibility index (Phi) is 3.95. The Bertz CT molecular complexity index is 873. The van der Waals surface area contributed by atoms with Crippen LogP contribution in [-0.4, -0.2) is 26.8 Å². The Morgan fingerprint density at radius 1 is 1.21 bits per heavy atom. The molecule has 3 rings (SSSR count). The van der Waals surface area contributed by atoms with Crippen LogP contribution in [0, 0.1) is 0 Å². The highest BCUT2D eigenvalue weighted by molar-refractivity contribution is 5.92. The topological polar surface area (TPSA) is 73.7 Å². The maximum Gasteiger partial charge on any atom is 0.412 e. The number of hydrogen-bond acceptors (Lipinski definition) is 3. The minimum absolute atomic E-state index is 0.225. The van der Waals surface area contributed by atoms with Gasteiger partial charge in [0.15, 0.2) is 0 Å². The van der Waals surface area contributed by atoms with Crippen molar-refractivity contribution in [2.45, 2.75) is 45.6 Å². The minimum Gasteiger partial charge on any atom is -0.512 e. The van der Waals surface area contributed by atoms with Gasteiger partial charge in [0.05, 0.1) is 21.9 Å². The number of aliphatic hydroxyl groups excluding tert-OH is 1. The SMILES string of the molecule is CC(C)(C)N(C(=O)O)c1c2c(nc3c1=C(O)CCC3)=CC=CC=C2. The minimum atomic E-state index is -1.04. The van der Waals surface area contributed by atoms with Gasteiger partial charge in [0.25, 0.3) is 0 Å². The Labute approximate surface area is 140 Å². The lowest BCUT2D eigenvalue weighted by Crippen LogP contribution is -2.49. The predicted molar refractivity (Wildman–Crippen MR) is 95.4 cm³/mol. The molecule has 1 amide bonds. The van der Waals surface area contributed by atoms with Gasteiger partial charge in [-0.25, -0.2) is 4.79 Å². The van der Waals surface area contributed by atoms with Crippen molar-refractivity contribution in [2.24, 2.45) is 0 Å². The van der Waals surface area contributed by atoms with E-state index in [0.717, 1.165) is 29.4 Å². The third-order valence-electron chi connectivity index (χ3n) is 4.25. The Balaban J connectivity index is 2.50. The van der Waals surface area contributed by atoms with E-state index in [9.17, 15) is 15.0 Å². The average Bonchev–Trinajstić information content (AvgIpc) is 2.70. The first kappa shape index (κ1) is 16.3. The van der Waals surface area contributed by atoms with Crippen LogP contribution in [0.25, 0.3) is 17.9 Å². The lowest BCUT2D eigenvalue weighted by Gasteiger charge is -2.35. The Morgan fingerprint density at radius 3 is 2.62 bits per heavy atom. The number of hydrogen-bond donors (Lipinski definition) is 2. The van der Waals surface area contributed by atoms with Gasteiger partial charge < -0.3 is 10.2 Å². The number of aryl methyl sites for hydroxylation is 1. The van der Waals surface area contributed by atoms with Gasteiger partial charge >= 0.3 is 6.09 Å². The third-order valence-corrected chi connectivity index (χ3v) is 4.25. The molecule has 0 spiro atoms. The number of rotatable bonds is 1. The van der Waals surface area contributed by atoms with E-state index in [1.165, 1.54) is 4.90 Å². The molecule has 2 aliphatic rings. The number of anilines is 1. The number of nitrogens with zero attached hydrogens (tertiary/aromatic N) is 2. The van der Waals surface area contributed by atoms with E-state index in [1.807, 2.05) is 51.2 Å². The Morgan fingerprint density at radius 2 is 1.96 bits per heavy atom. The molecule has 0 aromatic carbocycles. The number of aliphatic hydroxyl groups is 1. The molecule has 2 aliphatic carbocycles. The van der Waals surface area contributed by atoms with Gasteiger partial charge in [-0.1, -0.05) is 24.3 Å². The van der Waals surface area contributed by atoms with Crippen molar-refractivity contribution in [2.75, 3.05) is 4.90 Å². The quantitative estimate of drug-likeness (QED) is 0.832. The van der Waals surface area contributed by atoms with E-state index in [-0.39, 0.29) is 5.76 Å². The molecular weight excluding hydrogens is 304 g/mol. The Hall–Kier alpha value is -2.56. The third kappa shape index (κ3) is 2.70. The van der Waals surface area contributed by atoms with Crippen LogP contribution in [0.1, 0.15) is 44.9 Å². The van der Waals surface area contributed by atoms with E-state index < -0.39 is 11.6 Å². The second-order valence-corrected chi connectivity index (χ2v) is 7.08. The average molecular weight is 326 g/mol. The van der Waals surface area contributed by atoms with Crippen molar-refractivity contribution in [3.63, 3.8) is 0 Å². The van der Waals surface area contributed by atoms with Crippen LogP contribution in [0.3, 0.4) is 0 Å². The molecule has 126 valence electrons. The zero-order valence-electron chi connectivity index (χ0n) is 14.2. The van der Waals surface area contributed by atoms with Crippen LogP contribution in [-0.2, 0) is 6.42 Å². The molecule has 0 bridgehead atoms. The molecule has 2 N–H and O–H groups in total. The summed E-state index contributed by atoms with van der Waals surface area (Å²) in [6, 6.07) is 0. The fraction of sp³-hybridized carbons (Fsp3) is 0.368. The molecular formula is C19H22N2O3. The van der Waals surface area contributed by atoms with Crippen molar-refractivity contribution in [3.05, 3.63) is 40.1 Å². The summed E-state index contributed by atoms with van der Waals surface area (Å²) in [5.41, 5.74) is 1.37. The van der Waals surface area contributed by atoms with Gasteiger partial charge in [-0.2, -0.15) is 0 Å². The number of amides is 1. The second kappa shape index (κ2) is 5.82. The zero-order chi connectivity index (χ0) is 17.5. The van der Waals surface area contributed by atoms with Crippen LogP contribution < -0.4 is 15.5 Å². The van der Waals surface area contributed by atoms with Gasteiger partial charge in [-0.05, 0) is 39.7 Å². The van der Waals surface area contributed by atoms with Crippen molar-refractivity contribution < 1.29 is 15.0 Å². The molecule has 5 heteroatoms. The summed E-state index contributed by atoms with van der Waals surface area (Å²) in [5.74, 6) is 0.225. The van der Waals surface area contributed by atoms with Crippen LogP contribution in [0.5, 0.6) is 0 Å². The first-order valence-electron chi connectivity index (χ1n) is 8.14. The van der Waals surface area contributed by atoms with Crippen LogP contribution >= 0.6 is 0 Å². The largest absolute Gasteiger partial charge is 0.512 e. The fourth-order valence-electron chi connectivity index (χ4n) is 3.29. The van der Waals surface area contributed by atoms with E-state index in [1.54, 1.807) is 0 Å². The van der Waals surface area contributed by atoms with E-state index in [4.69, 9.17) is 4.98 Å². The number of pyridine rings is 1. The summed E-state index contributed by atoms with van der Waals surface area (Å²) in [7, 11) is 0. The van der Waals surface area contributed by atoms with Crippen LogP contribution in [0.15, 0.2) is 18.2 Å². The number of allylic oxidation sites excluding steroid dienone is 3. The molecule has 1 aromatic rings. The van der Waals surface area contributed by atoms with Crippen molar-refractivity contribution >= 4 is 29.7 Å². The molecule has 5 nitrogen and oxygen atoms in total. The lowest BCUT2D eigenvalue weighted by atomic mass is 9.95. The molecule has 0 fully saturated rings. The normalized spacial score (nSPS) is 16.0. The van der Waals surface area contributed by atoms with Gasteiger partial charge in [-0.15, -0.1) is 0 Å². The zero-order valence-corrected chi connectivity index (χ0v) is 14.2. The first-order valence-corrected chi connectivity index (χ1v) is 8.14. The summed E-state index contributed by atoms with van der Waals surface area (Å²) in [5, 5.41) is 21.7. The van der Waals surface area contributed by atoms with Crippen LogP contribution in [0.2, 0.25) is 0 Å². The maximum absolute atomic E-state index is 12.1. The predicted octanol–water partition coefficient (Wildman–Crippen LogP) is 2.73. The molecule has 0 radical (unpaired) electrons. The summed E-state index contributed by atoms with van der Waals surface area (Å²) < 4.78 is 0. The molecule has 0 atom stereocenters. The van der Waals surface area contributed by atoms with Crippen molar-refractivity contribution in [1.82, 2.24) is 4.98 Å². The summed E-state index contributed by atoms with van der Waals surface area (Å²) in [6.07, 6.45) is 10.4. The number of fused-ring (bicyclic) bond motifs is 2. The van der Waals surface area contributed by atoms with Crippen LogP contribution in [0.4, 0.5) is 10.5 Å². The van der Waals surface area contributed by atoms with E-state index in [0.29, 0.717) is 17.3 Å². The number of aromatic nitrogens is 1. The fourth-order valence-corrected chi connectivity index (χ4v) is 3.29. The van der Waals surface area contributed by atoms with Crippen molar-refractivity contribution in [3.8, 4) is 0 Å². The monoisotopic (exact) mass is 326 g/mol. The molecule has 0 saturated carbocycles. The van der Waals surface area contributed by atoms with Gasteiger partial charge in [0, 0.05) is 17.5 Å². The van der Waals surface area contributed by atoms with Gasteiger partial charge in [-0.3, -0.25) is 9.88 Å². The standard InChI is InChI=1S/C19H22N2O3/c1-19(2,3)21(18(23)24)17-12-8-5-4-6-9-13(12)20-14-10-7-11-15(22)16(14)17/h4-6,8-9,22H,7,10-11H2,1-3H3,(H,23,24). The molecule has 24 heavy (non-hydrogen) atoms. The van der Waals surface area contributed by atoms with E-state index in [2.05, 4.69) is 0 Å².